The van der Waals surface area contributed by atoms with Crippen LogP contribution in [0.2, 0.25) is 20.1 Å². The van der Waals surface area contributed by atoms with E-state index in [-0.39, 0.29) is 0 Å². The van der Waals surface area contributed by atoms with Crippen molar-refractivity contribution in [1.29, 1.82) is 0 Å². The molecule has 0 spiro atoms. The monoisotopic (exact) mass is 596 g/mol. The van der Waals surface area contributed by atoms with Crippen LogP contribution < -0.4 is 0 Å². The van der Waals surface area contributed by atoms with E-state index in [0.717, 1.165) is 22.3 Å². The van der Waals surface area contributed by atoms with Crippen molar-refractivity contribution in [2.24, 2.45) is 0 Å². The molecule has 188 valence electrons. The molecule has 0 aliphatic heterocycles. The Balaban J connectivity index is 0.000000840. The topological polar surface area (TPSA) is 46.1 Å². The Hall–Kier alpha value is -1.34. The van der Waals surface area contributed by atoms with Crippen molar-refractivity contribution in [1.82, 2.24) is 0 Å². The summed E-state index contributed by atoms with van der Waals surface area (Å²) >= 11 is 22.5. The zero-order chi connectivity index (χ0) is 26.2. The second-order valence-electron chi connectivity index (χ2n) is 8.04. The Morgan fingerprint density at radius 1 is 0.444 bits per heavy atom. The fourth-order valence-corrected chi connectivity index (χ4v) is 6.09. The van der Waals surface area contributed by atoms with Crippen LogP contribution in [0.5, 0.6) is 0 Å². The number of benzene rings is 4. The van der Waals surface area contributed by atoms with Gasteiger partial charge in [0, 0.05) is 42.3 Å². The molecule has 0 fully saturated rings. The van der Waals surface area contributed by atoms with Crippen molar-refractivity contribution in [3.63, 3.8) is 0 Å². The van der Waals surface area contributed by atoms with Gasteiger partial charge in [-0.05, 0) is 59.7 Å². The lowest BCUT2D eigenvalue weighted by Crippen LogP contribution is -2.23. The Kier molecular flexibility index (Phi) is 11.4. The summed E-state index contributed by atoms with van der Waals surface area (Å²) in [6.07, 6.45) is 3.28. The van der Waals surface area contributed by atoms with Crippen LogP contribution in [0, 0.1) is 0 Å². The summed E-state index contributed by atoms with van der Waals surface area (Å²) in [6, 6.07) is 29.9. The lowest BCUT2D eigenvalue weighted by Gasteiger charge is -2.30. The van der Waals surface area contributed by atoms with Crippen LogP contribution in [-0.4, -0.2) is 21.6 Å². The molecular weight excluding hydrogens is 574 g/mol. The van der Waals surface area contributed by atoms with E-state index in [1.54, 1.807) is 12.5 Å². The molecule has 0 aromatic heterocycles. The molecule has 0 amide bonds. The smallest absolute Gasteiger partial charge is 0.166 e. The molecule has 0 bridgehead atoms. The number of hydrogen-bond donors (Lipinski definition) is 0. The molecule has 4 aromatic carbocycles. The van der Waals surface area contributed by atoms with Gasteiger partial charge in [-0.1, -0.05) is 106 Å². The Bertz CT molecular complexity index is 1030. The lowest BCUT2D eigenvalue weighted by molar-refractivity contribution is 0.581. The molecule has 0 N–H and O–H groups in total. The number of halogens is 4. The molecule has 0 aliphatic rings. The van der Waals surface area contributed by atoms with Crippen LogP contribution in [0.25, 0.3) is 0 Å². The highest BCUT2D eigenvalue weighted by molar-refractivity contribution is 7.92. The van der Waals surface area contributed by atoms with Gasteiger partial charge in [0.1, 0.15) is 0 Å². The first-order valence-electron chi connectivity index (χ1n) is 10.8. The van der Waals surface area contributed by atoms with Gasteiger partial charge in [-0.25, -0.2) is 0 Å². The number of hydrogen-bond acceptors (Lipinski definition) is 2. The zero-order valence-corrected chi connectivity index (χ0v) is 24.2. The van der Waals surface area contributed by atoms with Crippen LogP contribution in [0.1, 0.15) is 32.8 Å². The number of rotatable bonds is 6. The minimum absolute atomic E-state index is 0.402. The Morgan fingerprint density at radius 2 is 0.611 bits per heavy atom. The molecule has 36 heavy (non-hydrogen) atoms. The standard InChI is InChI=1S/C26H18Cl4OS.C2H6OS/c27-21-9-1-17(2-10-21)25(18-3-11-22(28)12-4-18)32(31)26(19-5-13-23(29)14-6-19)20-7-15-24(30)16-8-20;1-4(2)3/h1-16,25-26H;1-2H3. The van der Waals surface area contributed by atoms with Gasteiger partial charge in [0.15, 0.2) is 10.5 Å². The first kappa shape index (κ1) is 29.2. The highest BCUT2D eigenvalue weighted by atomic mass is 35.5. The second kappa shape index (κ2) is 14.0. The van der Waals surface area contributed by atoms with Gasteiger partial charge in [-0.15, -0.1) is 0 Å². The van der Waals surface area contributed by atoms with Crippen molar-refractivity contribution in [3.8, 4) is 0 Å². The van der Waals surface area contributed by atoms with E-state index in [0.29, 0.717) is 20.1 Å². The minimum Gasteiger partial charge on any atom is -0.617 e. The first-order chi connectivity index (χ1) is 17.2. The van der Waals surface area contributed by atoms with E-state index in [1.807, 2.05) is 97.1 Å². The van der Waals surface area contributed by atoms with E-state index in [4.69, 9.17) is 46.4 Å². The van der Waals surface area contributed by atoms with Gasteiger partial charge in [0.05, 0.1) is 12.5 Å². The fourth-order valence-electron chi connectivity index (χ4n) is 3.61. The van der Waals surface area contributed by atoms with Crippen LogP contribution in [0.15, 0.2) is 97.1 Å². The molecule has 0 heterocycles. The third kappa shape index (κ3) is 8.34. The molecule has 0 radical (unpaired) electrons. The summed E-state index contributed by atoms with van der Waals surface area (Å²) in [5.41, 5.74) is 3.62. The maximum absolute atomic E-state index is 14.4. The Labute approximate surface area is 238 Å². The molecular formula is C28H24Cl4O2S2. The molecule has 2 nitrogen and oxygen atoms in total. The largest absolute Gasteiger partial charge is 0.617 e. The summed E-state index contributed by atoms with van der Waals surface area (Å²) in [4.78, 5) is 0. The highest BCUT2D eigenvalue weighted by Gasteiger charge is 2.36. The summed E-state index contributed by atoms with van der Waals surface area (Å²) in [5.74, 6) is 0. The molecule has 8 heteroatoms. The molecule has 4 aromatic rings. The van der Waals surface area contributed by atoms with Gasteiger partial charge in [0.25, 0.3) is 0 Å². The van der Waals surface area contributed by atoms with Crippen LogP contribution in [0.4, 0.5) is 0 Å². The van der Waals surface area contributed by atoms with Crippen molar-refractivity contribution in [2.45, 2.75) is 10.5 Å². The maximum atomic E-state index is 14.4. The summed E-state index contributed by atoms with van der Waals surface area (Å²) < 4.78 is 23.9. The van der Waals surface area contributed by atoms with Crippen molar-refractivity contribution in [3.05, 3.63) is 139 Å². The Morgan fingerprint density at radius 3 is 0.778 bits per heavy atom. The fraction of sp³-hybridized carbons (Fsp3) is 0.143. The highest BCUT2D eigenvalue weighted by Crippen LogP contribution is 2.43. The molecule has 0 atom stereocenters. The van der Waals surface area contributed by atoms with Gasteiger partial charge >= 0.3 is 0 Å². The summed E-state index contributed by atoms with van der Waals surface area (Å²) in [7, 11) is 0. The van der Waals surface area contributed by atoms with E-state index in [2.05, 4.69) is 0 Å². The zero-order valence-electron chi connectivity index (χ0n) is 19.5. The lowest BCUT2D eigenvalue weighted by atomic mass is 10.0. The van der Waals surface area contributed by atoms with Crippen molar-refractivity contribution in [2.75, 3.05) is 12.5 Å². The second-order valence-corrected chi connectivity index (χ2v) is 12.9. The third-order valence-electron chi connectivity index (χ3n) is 5.16. The maximum Gasteiger partial charge on any atom is 0.166 e. The van der Waals surface area contributed by atoms with E-state index < -0.39 is 32.9 Å². The molecule has 0 aliphatic carbocycles. The SMILES string of the molecule is C[S+](C)[O-].[O-][S+](C(c1ccc(Cl)cc1)c1ccc(Cl)cc1)C(c1ccc(Cl)cc1)c1ccc(Cl)cc1. The average Bonchev–Trinajstić information content (AvgIpc) is 2.84. The van der Waals surface area contributed by atoms with Gasteiger partial charge in [-0.2, -0.15) is 0 Å². The quantitative estimate of drug-likeness (QED) is 0.208. The van der Waals surface area contributed by atoms with Gasteiger partial charge < -0.3 is 9.11 Å². The van der Waals surface area contributed by atoms with E-state index in [9.17, 15) is 9.11 Å². The normalized spacial score (nSPS) is 11.2. The van der Waals surface area contributed by atoms with Crippen molar-refractivity contribution >= 4 is 68.8 Å². The van der Waals surface area contributed by atoms with Crippen LogP contribution >= 0.6 is 46.4 Å². The molecule has 0 saturated heterocycles. The van der Waals surface area contributed by atoms with Crippen LogP contribution in [0.3, 0.4) is 0 Å². The molecule has 4 rings (SSSR count). The van der Waals surface area contributed by atoms with Gasteiger partial charge in [-0.3, -0.25) is 0 Å². The third-order valence-corrected chi connectivity index (χ3v) is 8.18. The van der Waals surface area contributed by atoms with E-state index in [1.165, 1.54) is 0 Å². The average molecular weight is 598 g/mol. The summed E-state index contributed by atoms with van der Waals surface area (Å²) in [5, 5.41) is 1.70. The van der Waals surface area contributed by atoms with Crippen LogP contribution in [-0.2, 0) is 22.4 Å². The van der Waals surface area contributed by atoms with Gasteiger partial charge in [0.2, 0.25) is 0 Å². The first-order valence-corrected chi connectivity index (χ1v) is 15.6. The predicted octanol–water partition coefficient (Wildman–Crippen LogP) is 8.92. The molecule has 0 unspecified atom stereocenters. The minimum atomic E-state index is -1.40. The summed E-state index contributed by atoms with van der Waals surface area (Å²) in [6.45, 7) is 0. The van der Waals surface area contributed by atoms with Crippen molar-refractivity contribution < 1.29 is 9.11 Å². The van der Waals surface area contributed by atoms with E-state index >= 15 is 0 Å². The predicted molar refractivity (Wildman–Crippen MR) is 158 cm³/mol. The molecule has 0 saturated carbocycles.